The number of benzene rings is 2. The number of nitrogens with zero attached hydrogens (tertiary/aromatic N) is 1. The van der Waals surface area contributed by atoms with E-state index < -0.39 is 17.8 Å². The summed E-state index contributed by atoms with van der Waals surface area (Å²) in [6.45, 7) is 0.328. The first-order valence-electron chi connectivity index (χ1n) is 10.5. The highest BCUT2D eigenvalue weighted by molar-refractivity contribution is 7.13. The number of hydrogen-bond acceptors (Lipinski definition) is 4. The summed E-state index contributed by atoms with van der Waals surface area (Å²) in [6.07, 6.45) is 0.778. The van der Waals surface area contributed by atoms with Gasteiger partial charge in [0.05, 0.1) is 16.3 Å². The van der Waals surface area contributed by atoms with Crippen LogP contribution in [0.2, 0.25) is 5.02 Å². The molecule has 3 amide bonds. The zero-order chi connectivity index (χ0) is 23.1. The standard InChI is InChI=1S/C24H19ClFN3O3S/c25-17-11-14(3-5-18(17)26)22(30)27-15-7-8-29-20(12-15)23(31)28-19-6-4-13(10-16(19)24(29)32)21-2-1-9-33-21/h1-6,9-11,15,20H,7-8,12H2,(H,27,30)(H,28,31). The summed E-state index contributed by atoms with van der Waals surface area (Å²) in [7, 11) is 0. The summed E-state index contributed by atoms with van der Waals surface area (Å²) in [5.74, 6) is -1.49. The second-order valence-corrected chi connectivity index (χ2v) is 9.42. The summed E-state index contributed by atoms with van der Waals surface area (Å²) in [5.41, 5.74) is 2.10. The smallest absolute Gasteiger partial charge is 0.256 e. The Hall–Kier alpha value is -3.23. The molecule has 2 N–H and O–H groups in total. The highest BCUT2D eigenvalue weighted by atomic mass is 35.5. The molecule has 3 aromatic rings. The van der Waals surface area contributed by atoms with E-state index in [1.807, 2.05) is 29.6 Å². The Kier molecular flexibility index (Phi) is 5.64. The third kappa shape index (κ3) is 4.12. The normalized spacial score (nSPS) is 19.9. The van der Waals surface area contributed by atoms with Crippen LogP contribution >= 0.6 is 22.9 Å². The molecule has 0 bridgehead atoms. The maximum Gasteiger partial charge on any atom is 0.256 e. The minimum atomic E-state index is -0.703. The third-order valence-corrected chi connectivity index (χ3v) is 7.21. The predicted octanol–water partition coefficient (Wildman–Crippen LogP) is 4.56. The molecule has 3 heterocycles. The number of amides is 3. The number of rotatable bonds is 3. The molecule has 1 aromatic heterocycles. The Morgan fingerprint density at radius 2 is 2.03 bits per heavy atom. The molecule has 2 unspecified atom stereocenters. The fourth-order valence-corrected chi connectivity index (χ4v) is 5.20. The van der Waals surface area contributed by atoms with Gasteiger partial charge in [-0.2, -0.15) is 0 Å². The molecule has 2 atom stereocenters. The van der Waals surface area contributed by atoms with E-state index in [2.05, 4.69) is 10.6 Å². The van der Waals surface area contributed by atoms with E-state index in [4.69, 9.17) is 11.6 Å². The SMILES string of the molecule is O=C(NC1CCN2C(=O)c3cc(-c4cccs4)ccc3NC(=O)C2C1)c1ccc(F)c(Cl)c1. The summed E-state index contributed by atoms with van der Waals surface area (Å²) < 4.78 is 13.4. The molecule has 0 saturated carbocycles. The Morgan fingerprint density at radius 3 is 2.79 bits per heavy atom. The lowest BCUT2D eigenvalue weighted by Crippen LogP contribution is -2.55. The van der Waals surface area contributed by atoms with Gasteiger partial charge in [-0.15, -0.1) is 11.3 Å². The summed E-state index contributed by atoms with van der Waals surface area (Å²) in [4.78, 5) is 41.6. The van der Waals surface area contributed by atoms with Crippen LogP contribution < -0.4 is 10.6 Å². The number of thiophene rings is 1. The minimum Gasteiger partial charge on any atom is -0.349 e. The quantitative estimate of drug-likeness (QED) is 0.573. The minimum absolute atomic E-state index is 0.133. The summed E-state index contributed by atoms with van der Waals surface area (Å²) in [6, 6.07) is 12.1. The molecule has 1 fully saturated rings. The van der Waals surface area contributed by atoms with Crippen molar-refractivity contribution in [3.05, 3.63) is 75.9 Å². The van der Waals surface area contributed by atoms with Gasteiger partial charge in [0, 0.05) is 23.0 Å². The van der Waals surface area contributed by atoms with Crippen LogP contribution in [0, 0.1) is 5.82 Å². The third-order valence-electron chi connectivity index (χ3n) is 6.00. The van der Waals surface area contributed by atoms with Crippen molar-refractivity contribution < 1.29 is 18.8 Å². The Morgan fingerprint density at radius 1 is 1.18 bits per heavy atom. The van der Waals surface area contributed by atoms with Crippen LogP contribution in [0.15, 0.2) is 53.9 Å². The molecule has 0 aliphatic carbocycles. The number of piperidine rings is 1. The van der Waals surface area contributed by atoms with E-state index in [0.29, 0.717) is 24.2 Å². The molecule has 5 rings (SSSR count). The van der Waals surface area contributed by atoms with Gasteiger partial charge >= 0.3 is 0 Å². The van der Waals surface area contributed by atoms with E-state index in [1.54, 1.807) is 22.3 Å². The average Bonchev–Trinajstić information content (AvgIpc) is 3.32. The first kappa shape index (κ1) is 21.6. The van der Waals surface area contributed by atoms with Crippen LogP contribution in [-0.4, -0.2) is 41.2 Å². The molecule has 168 valence electrons. The number of hydrogen-bond donors (Lipinski definition) is 2. The van der Waals surface area contributed by atoms with Crippen molar-refractivity contribution in [3.8, 4) is 10.4 Å². The zero-order valence-electron chi connectivity index (χ0n) is 17.3. The molecule has 2 aromatic carbocycles. The first-order chi connectivity index (χ1) is 15.9. The van der Waals surface area contributed by atoms with Crippen molar-refractivity contribution in [2.75, 3.05) is 11.9 Å². The predicted molar refractivity (Wildman–Crippen MR) is 125 cm³/mol. The van der Waals surface area contributed by atoms with Crippen molar-refractivity contribution in [1.82, 2.24) is 10.2 Å². The number of fused-ring (bicyclic) bond motifs is 2. The topological polar surface area (TPSA) is 78.5 Å². The van der Waals surface area contributed by atoms with Gasteiger partial charge in [0.1, 0.15) is 11.9 Å². The number of halogens is 2. The lowest BCUT2D eigenvalue weighted by atomic mass is 9.95. The number of carbonyl (C=O) groups is 3. The molecule has 33 heavy (non-hydrogen) atoms. The molecule has 2 aliphatic heterocycles. The van der Waals surface area contributed by atoms with Gasteiger partial charge in [-0.3, -0.25) is 14.4 Å². The van der Waals surface area contributed by atoms with Crippen LogP contribution in [0.4, 0.5) is 10.1 Å². The highest BCUT2D eigenvalue weighted by Gasteiger charge is 2.40. The van der Waals surface area contributed by atoms with Crippen molar-refractivity contribution in [3.63, 3.8) is 0 Å². The lowest BCUT2D eigenvalue weighted by molar-refractivity contribution is -0.121. The first-order valence-corrected chi connectivity index (χ1v) is 11.7. The molecular weight excluding hydrogens is 465 g/mol. The molecule has 1 saturated heterocycles. The van der Waals surface area contributed by atoms with E-state index in [1.165, 1.54) is 12.1 Å². The maximum absolute atomic E-state index is 13.4. The molecular formula is C24H19ClFN3O3S. The van der Waals surface area contributed by atoms with Gasteiger partial charge in [-0.05, 0) is 60.2 Å². The molecule has 0 radical (unpaired) electrons. The van der Waals surface area contributed by atoms with Gasteiger partial charge in [0.25, 0.3) is 11.8 Å². The molecule has 2 aliphatic rings. The Labute approximate surface area is 198 Å². The monoisotopic (exact) mass is 483 g/mol. The van der Waals surface area contributed by atoms with Crippen LogP contribution in [0.3, 0.4) is 0 Å². The van der Waals surface area contributed by atoms with E-state index >= 15 is 0 Å². The largest absolute Gasteiger partial charge is 0.349 e. The molecule has 6 nitrogen and oxygen atoms in total. The van der Waals surface area contributed by atoms with Crippen LogP contribution in [-0.2, 0) is 4.79 Å². The van der Waals surface area contributed by atoms with Gasteiger partial charge in [-0.25, -0.2) is 4.39 Å². The number of anilines is 1. The number of carbonyl (C=O) groups excluding carboxylic acids is 3. The zero-order valence-corrected chi connectivity index (χ0v) is 18.9. The Bertz CT molecular complexity index is 1260. The Balaban J connectivity index is 1.35. The van der Waals surface area contributed by atoms with Gasteiger partial charge in [-0.1, -0.05) is 23.7 Å². The van der Waals surface area contributed by atoms with Crippen molar-refractivity contribution in [2.24, 2.45) is 0 Å². The van der Waals surface area contributed by atoms with Gasteiger partial charge in [0.15, 0.2) is 0 Å². The highest BCUT2D eigenvalue weighted by Crippen LogP contribution is 2.33. The van der Waals surface area contributed by atoms with E-state index in [-0.39, 0.29) is 34.9 Å². The second kappa shape index (κ2) is 8.61. The van der Waals surface area contributed by atoms with Crippen LogP contribution in [0.25, 0.3) is 10.4 Å². The maximum atomic E-state index is 13.4. The van der Waals surface area contributed by atoms with Crippen LogP contribution in [0.5, 0.6) is 0 Å². The molecule has 9 heteroatoms. The fourth-order valence-electron chi connectivity index (χ4n) is 4.29. The van der Waals surface area contributed by atoms with E-state index in [9.17, 15) is 18.8 Å². The molecule has 0 spiro atoms. The van der Waals surface area contributed by atoms with Crippen LogP contribution in [0.1, 0.15) is 33.6 Å². The van der Waals surface area contributed by atoms with Gasteiger partial charge in [0.2, 0.25) is 5.91 Å². The summed E-state index contributed by atoms with van der Waals surface area (Å²) >= 11 is 7.36. The number of nitrogens with one attached hydrogen (secondary N) is 2. The summed E-state index contributed by atoms with van der Waals surface area (Å²) in [5, 5.41) is 7.60. The second-order valence-electron chi connectivity index (χ2n) is 8.06. The van der Waals surface area contributed by atoms with Crippen molar-refractivity contribution >= 4 is 46.3 Å². The fraction of sp³-hybridized carbons (Fsp3) is 0.208. The van der Waals surface area contributed by atoms with Gasteiger partial charge < -0.3 is 15.5 Å². The van der Waals surface area contributed by atoms with Crippen molar-refractivity contribution in [2.45, 2.75) is 24.9 Å². The lowest BCUT2D eigenvalue weighted by Gasteiger charge is -2.37. The van der Waals surface area contributed by atoms with Crippen molar-refractivity contribution in [1.29, 1.82) is 0 Å². The van der Waals surface area contributed by atoms with E-state index in [0.717, 1.165) is 16.5 Å². The average molecular weight is 484 g/mol.